The van der Waals surface area contributed by atoms with Crippen molar-refractivity contribution in [3.63, 3.8) is 0 Å². The maximum Gasteiger partial charge on any atom is 0.228 e. The third-order valence-corrected chi connectivity index (χ3v) is 5.66. The number of nitrogens with one attached hydrogen (secondary N) is 1. The van der Waals surface area contributed by atoms with Gasteiger partial charge in [0.2, 0.25) is 5.95 Å². The van der Waals surface area contributed by atoms with Crippen LogP contribution in [0.25, 0.3) is 17.0 Å². The monoisotopic (exact) mass is 402 g/mol. The van der Waals surface area contributed by atoms with Gasteiger partial charge in [0.1, 0.15) is 5.82 Å². The van der Waals surface area contributed by atoms with Gasteiger partial charge in [-0.15, -0.1) is 0 Å². The summed E-state index contributed by atoms with van der Waals surface area (Å²) in [4.78, 5) is 13.4. The molecule has 4 aromatic rings. The zero-order valence-corrected chi connectivity index (χ0v) is 17.0. The van der Waals surface area contributed by atoms with E-state index in [0.717, 1.165) is 30.5 Å². The Labute approximate surface area is 174 Å². The molecular formula is C23H23FN6. The van der Waals surface area contributed by atoms with Crippen LogP contribution in [0.1, 0.15) is 42.9 Å². The Balaban J connectivity index is 1.57. The van der Waals surface area contributed by atoms with Crippen molar-refractivity contribution in [3.05, 3.63) is 71.4 Å². The molecule has 0 radical (unpaired) electrons. The minimum atomic E-state index is -0.410. The number of hydrogen-bond acceptors (Lipinski definition) is 5. The molecule has 152 valence electrons. The van der Waals surface area contributed by atoms with E-state index >= 15 is 0 Å². The Morgan fingerprint density at radius 2 is 1.93 bits per heavy atom. The fraction of sp³-hybridized carbons (Fsp3) is 0.304. The highest BCUT2D eigenvalue weighted by atomic mass is 19.1. The number of pyridine rings is 1. The first kappa shape index (κ1) is 18.7. The molecule has 30 heavy (non-hydrogen) atoms. The Morgan fingerprint density at radius 3 is 2.73 bits per heavy atom. The number of halogens is 1. The zero-order chi connectivity index (χ0) is 20.7. The summed E-state index contributed by atoms with van der Waals surface area (Å²) in [6.45, 7) is 4.21. The molecule has 5 rings (SSSR count). The molecule has 1 unspecified atom stereocenters. The maximum absolute atomic E-state index is 13.8. The fourth-order valence-corrected chi connectivity index (χ4v) is 4.06. The van der Waals surface area contributed by atoms with Crippen LogP contribution in [-0.4, -0.2) is 30.6 Å². The molecule has 1 N–H and O–H groups in total. The quantitative estimate of drug-likeness (QED) is 0.547. The second kappa shape index (κ2) is 7.48. The summed E-state index contributed by atoms with van der Waals surface area (Å²) < 4.78 is 15.5. The topological polar surface area (TPSA) is 68.0 Å². The minimum absolute atomic E-state index is 0.239. The smallest absolute Gasteiger partial charge is 0.228 e. The van der Waals surface area contributed by atoms with Crippen LogP contribution in [0.15, 0.2) is 48.9 Å². The second-order valence-corrected chi connectivity index (χ2v) is 8.11. The van der Waals surface area contributed by atoms with Gasteiger partial charge in [-0.3, -0.25) is 4.98 Å². The lowest BCUT2D eigenvalue weighted by Crippen LogP contribution is -2.29. The molecule has 0 aliphatic heterocycles. The Kier molecular flexibility index (Phi) is 4.65. The molecule has 6 nitrogen and oxygen atoms in total. The van der Waals surface area contributed by atoms with Gasteiger partial charge >= 0.3 is 0 Å². The van der Waals surface area contributed by atoms with E-state index in [4.69, 9.17) is 9.97 Å². The third kappa shape index (κ3) is 3.40. The summed E-state index contributed by atoms with van der Waals surface area (Å²) in [5, 5.41) is 8.12. The number of aromatic nitrogens is 5. The SMILES string of the molecule is CC(C)c1cnn2c(NC3CCc4ccccc4C3)nc(-c3cncc(F)c3)nc12. The first-order chi connectivity index (χ1) is 14.6. The molecule has 1 aromatic carbocycles. The molecule has 0 spiro atoms. The molecule has 1 aliphatic carbocycles. The average Bonchev–Trinajstić information content (AvgIpc) is 3.18. The zero-order valence-electron chi connectivity index (χ0n) is 17.0. The van der Waals surface area contributed by atoms with Crippen molar-refractivity contribution in [2.24, 2.45) is 0 Å². The van der Waals surface area contributed by atoms with Crippen LogP contribution in [-0.2, 0) is 12.8 Å². The molecule has 0 fully saturated rings. The van der Waals surface area contributed by atoms with Crippen molar-refractivity contribution >= 4 is 11.6 Å². The molecule has 7 heteroatoms. The standard InChI is InChI=1S/C23H23FN6/c1-14(2)20-13-26-30-22(20)28-21(17-9-18(24)12-25-11-17)29-23(30)27-19-8-7-15-5-3-4-6-16(15)10-19/h3-6,9,11-14,19H,7-8,10H2,1-2H3,(H,27,28,29). The summed E-state index contributed by atoms with van der Waals surface area (Å²) in [7, 11) is 0. The van der Waals surface area contributed by atoms with Crippen LogP contribution in [0.3, 0.4) is 0 Å². The molecule has 0 saturated heterocycles. The van der Waals surface area contributed by atoms with Crippen LogP contribution in [0.5, 0.6) is 0 Å². The van der Waals surface area contributed by atoms with E-state index < -0.39 is 5.82 Å². The van der Waals surface area contributed by atoms with Gasteiger partial charge in [0, 0.05) is 23.4 Å². The maximum atomic E-state index is 13.8. The summed E-state index contributed by atoms with van der Waals surface area (Å²) in [5.74, 6) is 0.906. The Bertz CT molecular complexity index is 1220. The lowest BCUT2D eigenvalue weighted by molar-refractivity contribution is 0.602. The van der Waals surface area contributed by atoms with E-state index in [-0.39, 0.29) is 12.0 Å². The van der Waals surface area contributed by atoms with Gasteiger partial charge in [-0.25, -0.2) is 9.37 Å². The van der Waals surface area contributed by atoms with Crippen molar-refractivity contribution in [2.75, 3.05) is 5.32 Å². The summed E-state index contributed by atoms with van der Waals surface area (Å²) in [6, 6.07) is 10.2. The number of rotatable bonds is 4. The first-order valence-corrected chi connectivity index (χ1v) is 10.3. The lowest BCUT2D eigenvalue weighted by atomic mass is 9.88. The molecule has 0 saturated carbocycles. The summed E-state index contributed by atoms with van der Waals surface area (Å²) in [6.07, 6.45) is 7.57. The Morgan fingerprint density at radius 1 is 1.10 bits per heavy atom. The molecule has 1 atom stereocenters. The van der Waals surface area contributed by atoms with Gasteiger partial charge in [0.25, 0.3) is 0 Å². The van der Waals surface area contributed by atoms with Gasteiger partial charge in [-0.05, 0) is 42.4 Å². The number of nitrogens with zero attached hydrogens (tertiary/aromatic N) is 5. The van der Waals surface area contributed by atoms with E-state index in [0.29, 0.717) is 17.3 Å². The van der Waals surface area contributed by atoms with E-state index in [1.54, 1.807) is 10.7 Å². The van der Waals surface area contributed by atoms with Gasteiger partial charge < -0.3 is 5.32 Å². The van der Waals surface area contributed by atoms with Crippen LogP contribution in [0.4, 0.5) is 10.3 Å². The van der Waals surface area contributed by atoms with E-state index in [1.807, 2.05) is 6.20 Å². The number of benzene rings is 1. The van der Waals surface area contributed by atoms with Crippen LogP contribution < -0.4 is 5.32 Å². The van der Waals surface area contributed by atoms with Crippen LogP contribution >= 0.6 is 0 Å². The fourth-order valence-electron chi connectivity index (χ4n) is 4.06. The molecular weight excluding hydrogens is 379 g/mol. The third-order valence-electron chi connectivity index (χ3n) is 5.66. The van der Waals surface area contributed by atoms with Crippen LogP contribution in [0.2, 0.25) is 0 Å². The van der Waals surface area contributed by atoms with Crippen molar-refractivity contribution < 1.29 is 4.39 Å². The number of aryl methyl sites for hydroxylation is 1. The van der Waals surface area contributed by atoms with E-state index in [9.17, 15) is 4.39 Å². The van der Waals surface area contributed by atoms with Gasteiger partial charge in [-0.1, -0.05) is 38.1 Å². The second-order valence-electron chi connectivity index (χ2n) is 8.11. The molecule has 3 aromatic heterocycles. The van der Waals surface area contributed by atoms with Gasteiger partial charge in [-0.2, -0.15) is 14.6 Å². The average molecular weight is 402 g/mol. The highest BCUT2D eigenvalue weighted by Crippen LogP contribution is 2.27. The van der Waals surface area contributed by atoms with Crippen molar-refractivity contribution in [2.45, 2.75) is 45.1 Å². The van der Waals surface area contributed by atoms with E-state index in [1.165, 1.54) is 23.4 Å². The van der Waals surface area contributed by atoms with Crippen molar-refractivity contribution in [1.29, 1.82) is 0 Å². The molecule has 0 amide bonds. The molecule has 0 bridgehead atoms. The summed E-state index contributed by atoms with van der Waals surface area (Å²) >= 11 is 0. The Hall–Kier alpha value is -3.35. The van der Waals surface area contributed by atoms with Gasteiger partial charge in [0.15, 0.2) is 11.5 Å². The minimum Gasteiger partial charge on any atom is -0.351 e. The number of fused-ring (bicyclic) bond motifs is 2. The molecule has 3 heterocycles. The number of anilines is 1. The predicted octanol–water partition coefficient (Wildman–Crippen LogP) is 4.42. The van der Waals surface area contributed by atoms with Crippen LogP contribution in [0, 0.1) is 5.82 Å². The number of hydrogen-bond donors (Lipinski definition) is 1. The van der Waals surface area contributed by atoms with Crippen molar-refractivity contribution in [3.8, 4) is 11.4 Å². The predicted molar refractivity (Wildman–Crippen MR) is 114 cm³/mol. The highest BCUT2D eigenvalue weighted by molar-refractivity contribution is 5.62. The summed E-state index contributed by atoms with van der Waals surface area (Å²) in [5.41, 5.74) is 5.09. The van der Waals surface area contributed by atoms with Gasteiger partial charge in [0.05, 0.1) is 12.4 Å². The molecule has 1 aliphatic rings. The highest BCUT2D eigenvalue weighted by Gasteiger charge is 2.22. The van der Waals surface area contributed by atoms with Crippen molar-refractivity contribution in [1.82, 2.24) is 24.6 Å². The lowest BCUT2D eigenvalue weighted by Gasteiger charge is -2.26. The first-order valence-electron chi connectivity index (χ1n) is 10.3. The normalized spacial score (nSPS) is 16.1. The largest absolute Gasteiger partial charge is 0.351 e. The van der Waals surface area contributed by atoms with E-state index in [2.05, 4.69) is 53.5 Å².